The number of amides is 2. The lowest BCUT2D eigenvalue weighted by Gasteiger charge is -2.16. The lowest BCUT2D eigenvalue weighted by atomic mass is 10.1. The van der Waals surface area contributed by atoms with Crippen molar-refractivity contribution in [1.82, 2.24) is 10.6 Å². The number of carbonyl (C=O) groups excluding carboxylic acids is 1. The highest BCUT2D eigenvalue weighted by atomic mass is 19.1. The van der Waals surface area contributed by atoms with Gasteiger partial charge in [-0.1, -0.05) is 31.7 Å². The van der Waals surface area contributed by atoms with Gasteiger partial charge in [0.25, 0.3) is 0 Å². The fourth-order valence-corrected chi connectivity index (χ4v) is 2.68. The molecule has 0 atom stereocenters. The molecule has 1 aliphatic carbocycles. The maximum Gasteiger partial charge on any atom is 0.319 e. The van der Waals surface area contributed by atoms with E-state index in [9.17, 15) is 9.18 Å². The van der Waals surface area contributed by atoms with Crippen molar-refractivity contribution in [2.45, 2.75) is 44.6 Å². The maximum absolute atomic E-state index is 13.0. The number of nitrogens with one attached hydrogen (secondary N) is 3. The summed E-state index contributed by atoms with van der Waals surface area (Å²) in [5.74, 6) is -0.358. The molecule has 1 aromatic carbocycles. The van der Waals surface area contributed by atoms with Gasteiger partial charge in [-0.3, -0.25) is 0 Å². The van der Waals surface area contributed by atoms with Gasteiger partial charge in [0.2, 0.25) is 0 Å². The van der Waals surface area contributed by atoms with Crippen LogP contribution in [0.4, 0.5) is 14.9 Å². The highest BCUT2D eigenvalue weighted by Crippen LogP contribution is 2.16. The molecule has 1 fully saturated rings. The molecule has 0 aliphatic heterocycles. The molecule has 0 unspecified atom stereocenters. The number of anilines is 1. The van der Waals surface area contributed by atoms with Crippen LogP contribution in [0.2, 0.25) is 0 Å². The second-order valence-electron chi connectivity index (χ2n) is 5.53. The van der Waals surface area contributed by atoms with Crippen LogP contribution in [0.15, 0.2) is 24.3 Å². The van der Waals surface area contributed by atoms with Gasteiger partial charge in [-0.05, 0) is 31.0 Å². The van der Waals surface area contributed by atoms with Crippen LogP contribution >= 0.6 is 0 Å². The van der Waals surface area contributed by atoms with E-state index in [1.54, 1.807) is 12.1 Å². The molecule has 1 saturated carbocycles. The van der Waals surface area contributed by atoms with Crippen molar-refractivity contribution < 1.29 is 9.18 Å². The van der Waals surface area contributed by atoms with Crippen molar-refractivity contribution in [3.8, 4) is 0 Å². The molecule has 1 aliphatic rings. The van der Waals surface area contributed by atoms with Gasteiger partial charge in [0.1, 0.15) is 5.82 Å². The lowest BCUT2D eigenvalue weighted by Crippen LogP contribution is -2.38. The molecule has 116 valence electrons. The zero-order chi connectivity index (χ0) is 14.9. The number of rotatable bonds is 5. The molecule has 0 spiro atoms. The fraction of sp³-hybridized carbons (Fsp3) is 0.562. The van der Waals surface area contributed by atoms with Crippen molar-refractivity contribution in [2.75, 3.05) is 18.4 Å². The standard InChI is InChI=1S/C16H24FN3O/c17-13-6-5-9-15(12-13)20-16(21)19-11-10-18-14-7-3-1-2-4-8-14/h5-6,9,12,14,18H,1-4,7-8,10-11H2,(H2,19,20,21). The molecule has 3 N–H and O–H groups in total. The molecule has 21 heavy (non-hydrogen) atoms. The van der Waals surface area contributed by atoms with Crippen molar-refractivity contribution in [3.63, 3.8) is 0 Å². The average molecular weight is 293 g/mol. The Labute approximate surface area is 125 Å². The predicted octanol–water partition coefficient (Wildman–Crippen LogP) is 3.26. The molecule has 4 nitrogen and oxygen atoms in total. The van der Waals surface area contributed by atoms with Crippen molar-refractivity contribution in [3.05, 3.63) is 30.1 Å². The molecule has 2 rings (SSSR count). The van der Waals surface area contributed by atoms with Crippen LogP contribution in [0.5, 0.6) is 0 Å². The first-order valence-electron chi connectivity index (χ1n) is 7.78. The SMILES string of the molecule is O=C(NCCNC1CCCCCC1)Nc1cccc(F)c1. The summed E-state index contributed by atoms with van der Waals surface area (Å²) in [7, 11) is 0. The van der Waals surface area contributed by atoms with Gasteiger partial charge in [-0.15, -0.1) is 0 Å². The van der Waals surface area contributed by atoms with Gasteiger partial charge in [0.05, 0.1) is 0 Å². The van der Waals surface area contributed by atoms with E-state index >= 15 is 0 Å². The molecule has 1 aromatic rings. The van der Waals surface area contributed by atoms with E-state index in [0.717, 1.165) is 6.54 Å². The summed E-state index contributed by atoms with van der Waals surface area (Å²) >= 11 is 0. The highest BCUT2D eigenvalue weighted by Gasteiger charge is 2.11. The normalized spacial score (nSPS) is 16.2. The molecule has 0 bridgehead atoms. The first kappa shape index (κ1) is 15.8. The second kappa shape index (κ2) is 8.62. The molecule has 0 aromatic heterocycles. The van der Waals surface area contributed by atoms with Crippen LogP contribution in [0.25, 0.3) is 0 Å². The first-order valence-corrected chi connectivity index (χ1v) is 7.78. The minimum Gasteiger partial charge on any atom is -0.337 e. The number of carbonyl (C=O) groups is 1. The molecule has 2 amide bonds. The summed E-state index contributed by atoms with van der Waals surface area (Å²) in [6.07, 6.45) is 7.74. The Morgan fingerprint density at radius 3 is 2.62 bits per heavy atom. The third-order valence-corrected chi connectivity index (χ3v) is 3.78. The van der Waals surface area contributed by atoms with Crippen LogP contribution in [-0.2, 0) is 0 Å². The smallest absolute Gasteiger partial charge is 0.319 e. The zero-order valence-electron chi connectivity index (χ0n) is 12.3. The largest absolute Gasteiger partial charge is 0.337 e. The highest BCUT2D eigenvalue weighted by molar-refractivity contribution is 5.89. The Hall–Kier alpha value is -1.62. The van der Waals surface area contributed by atoms with E-state index in [1.165, 1.54) is 50.7 Å². The Bertz CT molecular complexity index is 445. The molecule has 0 heterocycles. The summed E-state index contributed by atoms with van der Waals surface area (Å²) in [6.45, 7) is 1.33. The summed E-state index contributed by atoms with van der Waals surface area (Å²) < 4.78 is 13.0. The van der Waals surface area contributed by atoms with Crippen LogP contribution < -0.4 is 16.0 Å². The molecule has 0 saturated heterocycles. The Morgan fingerprint density at radius 2 is 1.90 bits per heavy atom. The fourth-order valence-electron chi connectivity index (χ4n) is 2.68. The van der Waals surface area contributed by atoms with Crippen molar-refractivity contribution in [1.29, 1.82) is 0 Å². The van der Waals surface area contributed by atoms with Gasteiger partial charge >= 0.3 is 6.03 Å². The van der Waals surface area contributed by atoms with Gasteiger partial charge < -0.3 is 16.0 Å². The predicted molar refractivity (Wildman–Crippen MR) is 82.9 cm³/mol. The summed E-state index contributed by atoms with van der Waals surface area (Å²) in [5.41, 5.74) is 0.462. The Morgan fingerprint density at radius 1 is 1.14 bits per heavy atom. The van der Waals surface area contributed by atoms with E-state index in [0.29, 0.717) is 18.3 Å². The molecular formula is C16H24FN3O. The van der Waals surface area contributed by atoms with Gasteiger partial charge in [-0.2, -0.15) is 0 Å². The average Bonchev–Trinajstić information content (AvgIpc) is 2.72. The monoisotopic (exact) mass is 293 g/mol. The quantitative estimate of drug-likeness (QED) is 0.576. The molecule has 5 heteroatoms. The zero-order valence-corrected chi connectivity index (χ0v) is 12.3. The van der Waals surface area contributed by atoms with E-state index in [-0.39, 0.29) is 11.8 Å². The lowest BCUT2D eigenvalue weighted by molar-refractivity contribution is 0.252. The van der Waals surface area contributed by atoms with Crippen LogP contribution in [0.3, 0.4) is 0 Å². The van der Waals surface area contributed by atoms with E-state index < -0.39 is 0 Å². The van der Waals surface area contributed by atoms with Crippen LogP contribution in [-0.4, -0.2) is 25.2 Å². The van der Waals surface area contributed by atoms with E-state index in [2.05, 4.69) is 16.0 Å². The summed E-state index contributed by atoms with van der Waals surface area (Å²) in [6, 6.07) is 6.15. The number of hydrogen-bond acceptors (Lipinski definition) is 2. The molecule has 0 radical (unpaired) electrons. The minimum atomic E-state index is -0.358. The topological polar surface area (TPSA) is 53.2 Å². The number of benzene rings is 1. The third kappa shape index (κ3) is 6.12. The minimum absolute atomic E-state index is 0.303. The van der Waals surface area contributed by atoms with Gasteiger partial charge in [-0.25, -0.2) is 9.18 Å². The second-order valence-corrected chi connectivity index (χ2v) is 5.53. The summed E-state index contributed by atoms with van der Waals surface area (Å²) in [5, 5.41) is 8.87. The number of hydrogen-bond donors (Lipinski definition) is 3. The Kier molecular flexibility index (Phi) is 6.47. The van der Waals surface area contributed by atoms with Gasteiger partial charge in [0, 0.05) is 24.8 Å². The van der Waals surface area contributed by atoms with Crippen molar-refractivity contribution in [2.24, 2.45) is 0 Å². The Balaban J connectivity index is 1.60. The maximum atomic E-state index is 13.0. The third-order valence-electron chi connectivity index (χ3n) is 3.78. The van der Waals surface area contributed by atoms with Gasteiger partial charge in [0.15, 0.2) is 0 Å². The number of halogens is 1. The van der Waals surface area contributed by atoms with Crippen molar-refractivity contribution >= 4 is 11.7 Å². The number of urea groups is 1. The molecular weight excluding hydrogens is 269 g/mol. The van der Waals surface area contributed by atoms with Crippen LogP contribution in [0.1, 0.15) is 38.5 Å². The van der Waals surface area contributed by atoms with Crippen LogP contribution in [0, 0.1) is 5.82 Å². The van der Waals surface area contributed by atoms with E-state index in [4.69, 9.17) is 0 Å². The summed E-state index contributed by atoms with van der Waals surface area (Å²) in [4.78, 5) is 11.7. The van der Waals surface area contributed by atoms with E-state index in [1.807, 2.05) is 0 Å². The first-order chi connectivity index (χ1) is 10.2.